The fraction of sp³-hybridized carbons (Fsp3) is 0.103. The Hall–Kier alpha value is -2.96. The van der Waals surface area contributed by atoms with E-state index in [2.05, 4.69) is 55.7 Å². The maximum absolute atomic E-state index is 13.2. The average Bonchev–Trinajstić information content (AvgIpc) is 2.93. The number of rotatable bonds is 9. The highest BCUT2D eigenvalue weighted by atomic mass is 127. The molecule has 2 N–H and O–H groups in total. The van der Waals surface area contributed by atoms with Crippen LogP contribution in [0.4, 0.5) is 0 Å². The molecule has 4 aromatic carbocycles. The number of benzene rings is 4. The predicted octanol–water partition coefficient (Wildman–Crippen LogP) is 5.87. The Morgan fingerprint density at radius 3 is 2.11 bits per heavy atom. The molecule has 0 aromatic heterocycles. The van der Waals surface area contributed by atoms with E-state index < -0.39 is 11.5 Å². The SMILES string of the molecule is COc1cc(/C=N\NC(=O)C(O)(c2ccccc2)c2ccccc2)cc(I)c1OCc1ccc(I)cc1. The fourth-order valence-corrected chi connectivity index (χ4v) is 4.87. The molecule has 0 saturated heterocycles. The first-order valence-electron chi connectivity index (χ1n) is 11.3. The molecule has 0 radical (unpaired) electrons. The van der Waals surface area contributed by atoms with Gasteiger partial charge in [-0.25, -0.2) is 5.43 Å². The number of carbonyl (C=O) groups is 1. The van der Waals surface area contributed by atoms with Gasteiger partial charge in [0.05, 0.1) is 16.9 Å². The Labute approximate surface area is 243 Å². The molecule has 0 aliphatic carbocycles. The van der Waals surface area contributed by atoms with Crippen molar-refractivity contribution < 1.29 is 19.4 Å². The van der Waals surface area contributed by atoms with E-state index in [-0.39, 0.29) is 0 Å². The van der Waals surface area contributed by atoms with Gasteiger partial charge in [0.1, 0.15) is 6.61 Å². The molecular weight excluding hydrogens is 694 g/mol. The smallest absolute Gasteiger partial charge is 0.281 e. The van der Waals surface area contributed by atoms with Crippen molar-refractivity contribution in [1.29, 1.82) is 0 Å². The first-order chi connectivity index (χ1) is 17.9. The van der Waals surface area contributed by atoms with E-state index in [1.54, 1.807) is 61.7 Å². The predicted molar refractivity (Wildman–Crippen MR) is 161 cm³/mol. The lowest BCUT2D eigenvalue weighted by atomic mass is 9.85. The molecule has 37 heavy (non-hydrogen) atoms. The number of carbonyl (C=O) groups excluding carboxylic acids is 1. The van der Waals surface area contributed by atoms with Crippen molar-refractivity contribution in [3.8, 4) is 11.5 Å². The van der Waals surface area contributed by atoms with Gasteiger partial charge in [0.15, 0.2) is 17.1 Å². The second kappa shape index (κ2) is 12.5. The van der Waals surface area contributed by atoms with Gasteiger partial charge in [0, 0.05) is 3.57 Å². The minimum atomic E-state index is -1.90. The quantitative estimate of drug-likeness (QED) is 0.129. The van der Waals surface area contributed by atoms with Gasteiger partial charge in [-0.2, -0.15) is 5.10 Å². The zero-order chi connectivity index (χ0) is 26.3. The van der Waals surface area contributed by atoms with Gasteiger partial charge in [-0.05, 0) is 91.7 Å². The van der Waals surface area contributed by atoms with Gasteiger partial charge in [-0.1, -0.05) is 72.8 Å². The van der Waals surface area contributed by atoms with E-state index in [1.807, 2.05) is 42.5 Å². The number of hydrazone groups is 1. The molecule has 0 atom stereocenters. The van der Waals surface area contributed by atoms with Crippen LogP contribution in [-0.4, -0.2) is 24.3 Å². The highest BCUT2D eigenvalue weighted by Gasteiger charge is 2.39. The summed E-state index contributed by atoms with van der Waals surface area (Å²) in [5.41, 5.74) is 3.23. The summed E-state index contributed by atoms with van der Waals surface area (Å²) in [6, 6.07) is 29.4. The maximum atomic E-state index is 13.2. The third-order valence-corrected chi connectivity index (χ3v) is 7.16. The molecule has 0 bridgehead atoms. The van der Waals surface area contributed by atoms with Crippen molar-refractivity contribution >= 4 is 57.3 Å². The van der Waals surface area contributed by atoms with Crippen LogP contribution in [0.1, 0.15) is 22.3 Å². The van der Waals surface area contributed by atoms with Crippen LogP contribution in [-0.2, 0) is 17.0 Å². The fourth-order valence-electron chi connectivity index (χ4n) is 3.72. The molecule has 188 valence electrons. The Balaban J connectivity index is 1.52. The molecule has 0 heterocycles. The number of hydrogen-bond donors (Lipinski definition) is 2. The lowest BCUT2D eigenvalue weighted by molar-refractivity contribution is -0.136. The summed E-state index contributed by atoms with van der Waals surface area (Å²) < 4.78 is 13.6. The first-order valence-corrected chi connectivity index (χ1v) is 13.5. The Kier molecular flexibility index (Phi) is 9.17. The number of nitrogens with zero attached hydrogens (tertiary/aromatic N) is 1. The van der Waals surface area contributed by atoms with Crippen LogP contribution >= 0.6 is 45.2 Å². The van der Waals surface area contributed by atoms with Crippen molar-refractivity contribution in [2.24, 2.45) is 5.10 Å². The van der Waals surface area contributed by atoms with Gasteiger partial charge in [-0.15, -0.1) is 0 Å². The van der Waals surface area contributed by atoms with E-state index in [9.17, 15) is 9.90 Å². The largest absolute Gasteiger partial charge is 0.493 e. The monoisotopic (exact) mass is 718 g/mol. The number of aliphatic hydroxyl groups is 1. The third-order valence-electron chi connectivity index (χ3n) is 5.64. The van der Waals surface area contributed by atoms with Gasteiger partial charge in [0.25, 0.3) is 5.91 Å². The average molecular weight is 718 g/mol. The van der Waals surface area contributed by atoms with E-state index in [0.29, 0.717) is 34.8 Å². The molecule has 0 aliphatic rings. The molecule has 0 unspecified atom stereocenters. The highest BCUT2D eigenvalue weighted by molar-refractivity contribution is 14.1. The minimum Gasteiger partial charge on any atom is -0.493 e. The summed E-state index contributed by atoms with van der Waals surface area (Å²) in [4.78, 5) is 13.2. The zero-order valence-electron chi connectivity index (χ0n) is 19.9. The van der Waals surface area contributed by atoms with E-state index >= 15 is 0 Å². The number of methoxy groups -OCH3 is 1. The van der Waals surface area contributed by atoms with Crippen molar-refractivity contribution in [2.75, 3.05) is 7.11 Å². The van der Waals surface area contributed by atoms with E-state index in [1.165, 1.54) is 6.21 Å². The van der Waals surface area contributed by atoms with Crippen molar-refractivity contribution in [1.82, 2.24) is 5.43 Å². The summed E-state index contributed by atoms with van der Waals surface area (Å²) in [6.45, 7) is 0.407. The van der Waals surface area contributed by atoms with Gasteiger partial charge >= 0.3 is 0 Å². The Bertz CT molecular complexity index is 1340. The van der Waals surface area contributed by atoms with Crippen LogP contribution < -0.4 is 14.9 Å². The normalized spacial score (nSPS) is 11.4. The van der Waals surface area contributed by atoms with Crippen molar-refractivity contribution in [3.63, 3.8) is 0 Å². The maximum Gasteiger partial charge on any atom is 0.281 e. The number of nitrogens with one attached hydrogen (secondary N) is 1. The van der Waals surface area contributed by atoms with Gasteiger partial charge < -0.3 is 14.6 Å². The highest BCUT2D eigenvalue weighted by Crippen LogP contribution is 2.34. The molecule has 0 spiro atoms. The second-order valence-corrected chi connectivity index (χ2v) is 10.5. The Morgan fingerprint density at radius 2 is 1.54 bits per heavy atom. The summed E-state index contributed by atoms with van der Waals surface area (Å²) in [5, 5.41) is 15.6. The summed E-state index contributed by atoms with van der Waals surface area (Å²) >= 11 is 4.45. The van der Waals surface area contributed by atoms with Gasteiger partial charge in [0.2, 0.25) is 0 Å². The van der Waals surface area contributed by atoms with Crippen molar-refractivity contribution in [3.05, 3.63) is 126 Å². The Morgan fingerprint density at radius 1 is 0.946 bits per heavy atom. The van der Waals surface area contributed by atoms with Crippen LogP contribution in [0.5, 0.6) is 11.5 Å². The minimum absolute atomic E-state index is 0.407. The molecule has 4 aromatic rings. The van der Waals surface area contributed by atoms with Crippen LogP contribution in [0.3, 0.4) is 0 Å². The number of hydrogen-bond acceptors (Lipinski definition) is 5. The summed E-state index contributed by atoms with van der Waals surface area (Å²) in [7, 11) is 1.58. The molecule has 8 heteroatoms. The second-order valence-electron chi connectivity index (χ2n) is 8.09. The lowest BCUT2D eigenvalue weighted by Gasteiger charge is -2.27. The lowest BCUT2D eigenvalue weighted by Crippen LogP contribution is -2.43. The molecule has 4 rings (SSSR count). The van der Waals surface area contributed by atoms with Crippen LogP contribution in [0.15, 0.2) is 102 Å². The van der Waals surface area contributed by atoms with E-state index in [4.69, 9.17) is 9.47 Å². The molecule has 0 aliphatic heterocycles. The number of amides is 1. The van der Waals surface area contributed by atoms with E-state index in [0.717, 1.165) is 12.7 Å². The molecule has 6 nitrogen and oxygen atoms in total. The molecule has 0 fully saturated rings. The summed E-state index contributed by atoms with van der Waals surface area (Å²) in [6.07, 6.45) is 1.50. The van der Waals surface area contributed by atoms with Crippen LogP contribution in [0.25, 0.3) is 0 Å². The molecule has 1 amide bonds. The first kappa shape index (κ1) is 27.1. The summed E-state index contributed by atoms with van der Waals surface area (Å²) in [5.74, 6) is 0.515. The van der Waals surface area contributed by atoms with Crippen LogP contribution in [0.2, 0.25) is 0 Å². The standard InChI is InChI=1S/C29H24I2N2O4/c1-36-26-17-21(16-25(31)27(26)37-19-20-12-14-24(30)15-13-20)18-32-33-28(34)29(35,22-8-4-2-5-9-22)23-10-6-3-7-11-23/h2-18,35H,19H2,1H3,(H,33,34)/b32-18-. The van der Waals surface area contributed by atoms with Gasteiger partial charge in [-0.3, -0.25) is 4.79 Å². The van der Waals surface area contributed by atoms with Crippen LogP contribution in [0, 0.1) is 7.14 Å². The zero-order valence-corrected chi connectivity index (χ0v) is 24.2. The topological polar surface area (TPSA) is 80.2 Å². The number of halogens is 2. The molecular formula is C29H24I2N2O4. The molecule has 0 saturated carbocycles. The van der Waals surface area contributed by atoms with Crippen molar-refractivity contribution in [2.45, 2.75) is 12.2 Å². The third kappa shape index (κ3) is 6.49. The number of ether oxygens (including phenoxy) is 2.